The maximum Gasteiger partial charge on any atom is 0.421 e. The molecule has 0 bridgehead atoms. The lowest BCUT2D eigenvalue weighted by molar-refractivity contribution is -0.145. The zero-order valence-corrected chi connectivity index (χ0v) is 11.8. The standard InChI is InChI=1S/C13H12F3N5O2/c14-13(15,16)10-2-1-3-18-12(10)23-9-4-20(5-9)11(22)6-21-8-17-7-19-21/h1-3,7-9H,4-6H2. The van der Waals surface area contributed by atoms with Gasteiger partial charge in [0, 0.05) is 6.20 Å². The third-order valence-electron chi connectivity index (χ3n) is 3.32. The summed E-state index contributed by atoms with van der Waals surface area (Å²) in [4.78, 5) is 20.7. The molecule has 122 valence electrons. The molecule has 0 aromatic carbocycles. The molecule has 0 unspecified atom stereocenters. The van der Waals surface area contributed by atoms with Gasteiger partial charge in [-0.25, -0.2) is 14.6 Å². The largest absolute Gasteiger partial charge is 0.470 e. The van der Waals surface area contributed by atoms with Crippen LogP contribution in [0, 0.1) is 0 Å². The van der Waals surface area contributed by atoms with Crippen LogP contribution in [0.15, 0.2) is 31.0 Å². The Balaban J connectivity index is 1.56. The van der Waals surface area contributed by atoms with Crippen LogP contribution in [0.4, 0.5) is 13.2 Å². The number of alkyl halides is 3. The second kappa shape index (κ2) is 5.86. The van der Waals surface area contributed by atoms with E-state index in [-0.39, 0.29) is 25.5 Å². The van der Waals surface area contributed by atoms with E-state index >= 15 is 0 Å². The Bertz CT molecular complexity index is 683. The van der Waals surface area contributed by atoms with E-state index in [0.717, 1.165) is 6.07 Å². The van der Waals surface area contributed by atoms with Crippen molar-refractivity contribution in [1.29, 1.82) is 0 Å². The van der Waals surface area contributed by atoms with Crippen molar-refractivity contribution in [1.82, 2.24) is 24.6 Å². The Morgan fingerprint density at radius 2 is 2.17 bits per heavy atom. The number of nitrogens with zero attached hydrogens (tertiary/aromatic N) is 5. The van der Waals surface area contributed by atoms with Gasteiger partial charge >= 0.3 is 6.18 Å². The zero-order valence-electron chi connectivity index (χ0n) is 11.8. The van der Waals surface area contributed by atoms with Crippen molar-refractivity contribution >= 4 is 5.91 Å². The molecule has 23 heavy (non-hydrogen) atoms. The predicted octanol–water partition coefficient (Wildman–Crippen LogP) is 0.982. The SMILES string of the molecule is O=C(Cn1cncn1)N1CC(Oc2ncccc2C(F)(F)F)C1. The van der Waals surface area contributed by atoms with Crippen molar-refractivity contribution in [2.45, 2.75) is 18.8 Å². The molecule has 0 radical (unpaired) electrons. The Hall–Kier alpha value is -2.65. The van der Waals surface area contributed by atoms with Crippen LogP contribution < -0.4 is 4.74 Å². The number of halogens is 3. The van der Waals surface area contributed by atoms with Gasteiger partial charge in [-0.1, -0.05) is 0 Å². The number of pyridine rings is 1. The summed E-state index contributed by atoms with van der Waals surface area (Å²) in [7, 11) is 0. The number of aromatic nitrogens is 4. The molecule has 10 heteroatoms. The Labute approximate surface area is 128 Å². The van der Waals surface area contributed by atoms with Crippen LogP contribution in [-0.2, 0) is 17.5 Å². The summed E-state index contributed by atoms with van der Waals surface area (Å²) in [5.74, 6) is -0.666. The van der Waals surface area contributed by atoms with Crippen LogP contribution in [-0.4, -0.2) is 49.7 Å². The molecule has 7 nitrogen and oxygen atoms in total. The number of hydrogen-bond acceptors (Lipinski definition) is 5. The van der Waals surface area contributed by atoms with Crippen molar-refractivity contribution in [3.8, 4) is 5.88 Å². The van der Waals surface area contributed by atoms with Crippen LogP contribution >= 0.6 is 0 Å². The molecule has 1 fully saturated rings. The minimum atomic E-state index is -4.53. The molecule has 0 saturated carbocycles. The lowest BCUT2D eigenvalue weighted by Crippen LogP contribution is -2.57. The van der Waals surface area contributed by atoms with Gasteiger partial charge in [-0.3, -0.25) is 4.79 Å². The van der Waals surface area contributed by atoms with Gasteiger partial charge in [0.05, 0.1) is 13.1 Å². The molecule has 2 aromatic rings. The number of rotatable bonds is 4. The van der Waals surface area contributed by atoms with Gasteiger partial charge in [-0.15, -0.1) is 0 Å². The van der Waals surface area contributed by atoms with Crippen molar-refractivity contribution in [2.75, 3.05) is 13.1 Å². The van der Waals surface area contributed by atoms with Crippen LogP contribution in [0.2, 0.25) is 0 Å². The van der Waals surface area contributed by atoms with E-state index in [2.05, 4.69) is 15.1 Å². The van der Waals surface area contributed by atoms with Crippen molar-refractivity contribution in [2.24, 2.45) is 0 Å². The fourth-order valence-corrected chi connectivity index (χ4v) is 2.13. The summed E-state index contributed by atoms with van der Waals surface area (Å²) in [6, 6.07) is 2.11. The van der Waals surface area contributed by atoms with E-state index in [9.17, 15) is 18.0 Å². The van der Waals surface area contributed by atoms with Gasteiger partial charge < -0.3 is 9.64 Å². The van der Waals surface area contributed by atoms with Crippen LogP contribution in [0.3, 0.4) is 0 Å². The van der Waals surface area contributed by atoms with Crippen molar-refractivity contribution in [3.05, 3.63) is 36.5 Å². The second-order valence-electron chi connectivity index (χ2n) is 4.99. The summed E-state index contributed by atoms with van der Waals surface area (Å²) < 4.78 is 45.1. The van der Waals surface area contributed by atoms with Gasteiger partial charge in [-0.2, -0.15) is 18.3 Å². The summed E-state index contributed by atoms with van der Waals surface area (Å²) in [5.41, 5.74) is -0.924. The van der Waals surface area contributed by atoms with Crippen LogP contribution in [0.25, 0.3) is 0 Å². The summed E-state index contributed by atoms with van der Waals surface area (Å²) in [6.45, 7) is 0.451. The lowest BCUT2D eigenvalue weighted by atomic mass is 10.1. The highest BCUT2D eigenvalue weighted by molar-refractivity contribution is 5.76. The topological polar surface area (TPSA) is 73.1 Å². The first-order valence-corrected chi connectivity index (χ1v) is 6.72. The Morgan fingerprint density at radius 1 is 1.39 bits per heavy atom. The molecule has 0 atom stereocenters. The van der Waals surface area contributed by atoms with Gasteiger partial charge in [0.2, 0.25) is 11.8 Å². The normalized spacial score (nSPS) is 15.3. The van der Waals surface area contributed by atoms with E-state index in [1.165, 1.54) is 34.5 Å². The van der Waals surface area contributed by atoms with E-state index < -0.39 is 23.7 Å². The number of carbonyl (C=O) groups is 1. The fraction of sp³-hybridized carbons (Fsp3) is 0.385. The van der Waals surface area contributed by atoms with Gasteiger partial charge in [0.25, 0.3) is 0 Å². The van der Waals surface area contributed by atoms with Crippen LogP contribution in [0.5, 0.6) is 5.88 Å². The molecule has 0 N–H and O–H groups in total. The molecule has 3 rings (SSSR count). The first kappa shape index (κ1) is 15.3. The average Bonchev–Trinajstić information content (AvgIpc) is 2.94. The van der Waals surface area contributed by atoms with Gasteiger partial charge in [0.15, 0.2) is 0 Å². The fourth-order valence-electron chi connectivity index (χ4n) is 2.13. The molecule has 1 amide bonds. The third-order valence-corrected chi connectivity index (χ3v) is 3.32. The maximum atomic E-state index is 12.8. The number of hydrogen-bond donors (Lipinski definition) is 0. The van der Waals surface area contributed by atoms with E-state index in [0.29, 0.717) is 0 Å². The highest BCUT2D eigenvalue weighted by Crippen LogP contribution is 2.35. The first-order chi connectivity index (χ1) is 10.9. The molecule has 1 aliphatic rings. The monoisotopic (exact) mass is 327 g/mol. The van der Waals surface area contributed by atoms with E-state index in [1.54, 1.807) is 0 Å². The van der Waals surface area contributed by atoms with Crippen molar-refractivity contribution < 1.29 is 22.7 Å². The summed E-state index contributed by atoms with van der Waals surface area (Å²) in [6.07, 6.45) is -1.08. The molecular weight excluding hydrogens is 315 g/mol. The average molecular weight is 327 g/mol. The Morgan fingerprint density at radius 3 is 2.83 bits per heavy atom. The molecule has 0 spiro atoms. The third kappa shape index (κ3) is 3.41. The van der Waals surface area contributed by atoms with E-state index in [4.69, 9.17) is 4.74 Å². The number of likely N-dealkylation sites (tertiary alicyclic amines) is 1. The smallest absolute Gasteiger partial charge is 0.421 e. The summed E-state index contributed by atoms with van der Waals surface area (Å²) >= 11 is 0. The molecule has 3 heterocycles. The minimum Gasteiger partial charge on any atom is -0.470 e. The number of ether oxygens (including phenoxy) is 1. The van der Waals surface area contributed by atoms with Crippen molar-refractivity contribution in [3.63, 3.8) is 0 Å². The molecule has 1 aliphatic heterocycles. The second-order valence-corrected chi connectivity index (χ2v) is 4.99. The van der Waals surface area contributed by atoms with Gasteiger partial charge in [-0.05, 0) is 12.1 Å². The minimum absolute atomic E-state index is 0.0319. The van der Waals surface area contributed by atoms with Crippen LogP contribution in [0.1, 0.15) is 5.56 Å². The molecule has 0 aliphatic carbocycles. The molecular formula is C13H12F3N5O2. The summed E-state index contributed by atoms with van der Waals surface area (Å²) in [5, 5.41) is 3.81. The van der Waals surface area contributed by atoms with Gasteiger partial charge in [0.1, 0.15) is 30.9 Å². The molecule has 2 aromatic heterocycles. The Kier molecular flexibility index (Phi) is 3.89. The predicted molar refractivity (Wildman–Crippen MR) is 70.3 cm³/mol. The number of carbonyl (C=O) groups excluding carboxylic acids is 1. The highest BCUT2D eigenvalue weighted by atomic mass is 19.4. The first-order valence-electron chi connectivity index (χ1n) is 6.72. The quantitative estimate of drug-likeness (QED) is 0.837. The highest BCUT2D eigenvalue weighted by Gasteiger charge is 2.38. The molecule has 1 saturated heterocycles. The zero-order chi connectivity index (χ0) is 16.4. The lowest BCUT2D eigenvalue weighted by Gasteiger charge is -2.38. The number of amides is 1. The maximum absolute atomic E-state index is 12.8. The van der Waals surface area contributed by atoms with E-state index in [1.807, 2.05) is 0 Å².